The van der Waals surface area contributed by atoms with Crippen LogP contribution >= 0.6 is 11.6 Å². The van der Waals surface area contributed by atoms with Crippen molar-refractivity contribution in [2.75, 3.05) is 12.4 Å². The predicted molar refractivity (Wildman–Crippen MR) is 105 cm³/mol. The molecule has 1 aromatic heterocycles. The lowest BCUT2D eigenvalue weighted by Gasteiger charge is -2.21. The van der Waals surface area contributed by atoms with E-state index in [-0.39, 0.29) is 5.69 Å². The van der Waals surface area contributed by atoms with Crippen molar-refractivity contribution >= 4 is 23.0 Å². The van der Waals surface area contributed by atoms with E-state index in [9.17, 15) is 23.3 Å². The van der Waals surface area contributed by atoms with E-state index in [4.69, 9.17) is 16.3 Å². The molecule has 1 N–H and O–H groups in total. The summed E-state index contributed by atoms with van der Waals surface area (Å²) in [5.41, 5.74) is -1.53. The van der Waals surface area contributed by atoms with Crippen LogP contribution in [0.15, 0.2) is 48.8 Å². The quantitative estimate of drug-likeness (QED) is 0.420. The number of aromatic nitrogens is 2. The Morgan fingerprint density at radius 2 is 1.93 bits per heavy atom. The number of nitro benzene ring substituents is 1. The first-order valence-corrected chi connectivity index (χ1v) is 8.92. The molecule has 1 unspecified atom stereocenters. The highest BCUT2D eigenvalue weighted by Crippen LogP contribution is 2.41. The molecule has 1 atom stereocenters. The van der Waals surface area contributed by atoms with Crippen LogP contribution in [0.4, 0.5) is 24.5 Å². The van der Waals surface area contributed by atoms with Crippen LogP contribution in [0.5, 0.6) is 5.75 Å². The molecule has 0 spiro atoms. The highest BCUT2D eigenvalue weighted by Gasteiger charge is 2.36. The van der Waals surface area contributed by atoms with Crippen LogP contribution in [-0.4, -0.2) is 21.6 Å². The molecule has 0 fully saturated rings. The standard InChI is InChI=1S/C19H16ClF3N4O3/c1-26-8-7-24-18(26)17(11-3-5-12(30-2)6-4-11)25-15-10-14(20)13(19(21,22)23)9-16(15)27(28)29/h3-10,17,25H,1-2H3. The molecule has 0 aliphatic carbocycles. The molecule has 30 heavy (non-hydrogen) atoms. The summed E-state index contributed by atoms with van der Waals surface area (Å²) >= 11 is 5.80. The molecular weight excluding hydrogens is 425 g/mol. The number of rotatable bonds is 6. The lowest BCUT2D eigenvalue weighted by atomic mass is 10.0. The fourth-order valence-corrected chi connectivity index (χ4v) is 3.22. The molecule has 1 heterocycles. The Hall–Kier alpha value is -3.27. The Bertz CT molecular complexity index is 1070. The maximum atomic E-state index is 13.1. The number of nitrogens with zero attached hydrogens (tertiary/aromatic N) is 3. The second-order valence-corrected chi connectivity index (χ2v) is 6.76. The van der Waals surface area contributed by atoms with Gasteiger partial charge in [-0.1, -0.05) is 23.7 Å². The Balaban J connectivity index is 2.11. The molecule has 158 valence electrons. The number of halogens is 4. The highest BCUT2D eigenvalue weighted by atomic mass is 35.5. The van der Waals surface area contributed by atoms with Gasteiger partial charge in [-0.2, -0.15) is 13.2 Å². The topological polar surface area (TPSA) is 82.2 Å². The number of hydrogen-bond acceptors (Lipinski definition) is 5. The summed E-state index contributed by atoms with van der Waals surface area (Å²) in [4.78, 5) is 14.9. The monoisotopic (exact) mass is 440 g/mol. The van der Waals surface area contributed by atoms with Crippen molar-refractivity contribution in [3.63, 3.8) is 0 Å². The number of nitro groups is 1. The molecule has 11 heteroatoms. The van der Waals surface area contributed by atoms with E-state index in [1.165, 1.54) is 7.11 Å². The molecule has 3 rings (SSSR count). The molecule has 0 amide bonds. The van der Waals surface area contributed by atoms with Crippen LogP contribution in [-0.2, 0) is 13.2 Å². The van der Waals surface area contributed by atoms with Crippen LogP contribution in [0, 0.1) is 10.1 Å². The summed E-state index contributed by atoms with van der Waals surface area (Å²) in [5, 5.41) is 13.8. The highest BCUT2D eigenvalue weighted by molar-refractivity contribution is 6.31. The van der Waals surface area contributed by atoms with Gasteiger partial charge >= 0.3 is 6.18 Å². The molecule has 0 radical (unpaired) electrons. The number of imidazole rings is 1. The van der Waals surface area contributed by atoms with Crippen LogP contribution in [0.2, 0.25) is 5.02 Å². The van der Waals surface area contributed by atoms with Crippen LogP contribution in [0.1, 0.15) is 23.0 Å². The van der Waals surface area contributed by atoms with Gasteiger partial charge in [0.2, 0.25) is 0 Å². The van der Waals surface area contributed by atoms with Crippen LogP contribution < -0.4 is 10.1 Å². The van der Waals surface area contributed by atoms with Gasteiger partial charge in [-0.15, -0.1) is 0 Å². The molecule has 0 aliphatic rings. The van der Waals surface area contributed by atoms with E-state index >= 15 is 0 Å². The Morgan fingerprint density at radius 1 is 1.27 bits per heavy atom. The number of benzene rings is 2. The summed E-state index contributed by atoms with van der Waals surface area (Å²) < 4.78 is 46.3. The van der Waals surface area contributed by atoms with Crippen molar-refractivity contribution in [1.29, 1.82) is 0 Å². The molecule has 7 nitrogen and oxygen atoms in total. The summed E-state index contributed by atoms with van der Waals surface area (Å²) in [5.74, 6) is 1.09. The van der Waals surface area contributed by atoms with Gasteiger partial charge in [0.05, 0.1) is 22.6 Å². The smallest absolute Gasteiger partial charge is 0.418 e. The van der Waals surface area contributed by atoms with Gasteiger partial charge in [0.25, 0.3) is 5.69 Å². The second-order valence-electron chi connectivity index (χ2n) is 6.35. The van der Waals surface area contributed by atoms with E-state index in [1.54, 1.807) is 48.3 Å². The number of alkyl halides is 3. The number of methoxy groups -OCH3 is 1. The largest absolute Gasteiger partial charge is 0.497 e. The van der Waals surface area contributed by atoms with E-state index in [2.05, 4.69) is 10.3 Å². The Labute approximate surface area is 174 Å². The predicted octanol–water partition coefficient (Wildman–Crippen LogP) is 5.21. The second kappa shape index (κ2) is 8.23. The first kappa shape index (κ1) is 21.4. The fraction of sp³-hybridized carbons (Fsp3) is 0.211. The number of nitrogens with one attached hydrogen (secondary N) is 1. The third-order valence-corrected chi connectivity index (χ3v) is 4.77. The maximum absolute atomic E-state index is 13.1. The first-order valence-electron chi connectivity index (χ1n) is 8.54. The molecule has 3 aromatic rings. The van der Waals surface area contributed by atoms with Crippen molar-refractivity contribution in [1.82, 2.24) is 9.55 Å². The van der Waals surface area contributed by atoms with E-state index < -0.39 is 33.4 Å². The van der Waals surface area contributed by atoms with Crippen LogP contribution in [0.3, 0.4) is 0 Å². The van der Waals surface area contributed by atoms with Gasteiger partial charge in [-0.3, -0.25) is 10.1 Å². The van der Waals surface area contributed by atoms with Crippen molar-refractivity contribution < 1.29 is 22.8 Å². The number of anilines is 1. The minimum absolute atomic E-state index is 0.165. The van der Waals surface area contributed by atoms with Crippen molar-refractivity contribution in [2.45, 2.75) is 12.2 Å². The van der Waals surface area contributed by atoms with Crippen molar-refractivity contribution in [2.24, 2.45) is 7.05 Å². The summed E-state index contributed by atoms with van der Waals surface area (Å²) in [6.45, 7) is 0. The number of ether oxygens (including phenoxy) is 1. The van der Waals surface area contributed by atoms with E-state index in [0.717, 1.165) is 6.07 Å². The SMILES string of the molecule is COc1ccc(C(Nc2cc(Cl)c(C(F)(F)F)cc2[N+](=O)[O-])c2nccn2C)cc1. The summed E-state index contributed by atoms with van der Waals surface area (Å²) in [6, 6.07) is 7.46. The average molecular weight is 441 g/mol. The van der Waals surface area contributed by atoms with E-state index in [1.807, 2.05) is 0 Å². The minimum atomic E-state index is -4.82. The van der Waals surface area contributed by atoms with Crippen LogP contribution in [0.25, 0.3) is 0 Å². The van der Waals surface area contributed by atoms with E-state index in [0.29, 0.717) is 23.2 Å². The first-order chi connectivity index (χ1) is 14.1. The van der Waals surface area contributed by atoms with Crippen molar-refractivity contribution in [3.05, 3.63) is 80.9 Å². The zero-order valence-corrected chi connectivity index (χ0v) is 16.5. The lowest BCUT2D eigenvalue weighted by Crippen LogP contribution is -2.18. The normalized spacial score (nSPS) is 12.5. The fourth-order valence-electron chi connectivity index (χ4n) is 2.95. The molecule has 0 saturated heterocycles. The maximum Gasteiger partial charge on any atom is 0.418 e. The Kier molecular flexibility index (Phi) is 5.88. The summed E-state index contributed by atoms with van der Waals surface area (Å²) in [7, 11) is 3.24. The Morgan fingerprint density at radius 3 is 2.43 bits per heavy atom. The third kappa shape index (κ3) is 4.33. The number of hydrogen-bond donors (Lipinski definition) is 1. The molecule has 0 bridgehead atoms. The number of aryl methyl sites for hydroxylation is 1. The molecule has 2 aromatic carbocycles. The van der Waals surface area contributed by atoms with Gasteiger partial charge in [0.1, 0.15) is 23.3 Å². The lowest BCUT2D eigenvalue weighted by molar-refractivity contribution is -0.384. The zero-order valence-electron chi connectivity index (χ0n) is 15.8. The van der Waals surface area contributed by atoms with Crippen molar-refractivity contribution in [3.8, 4) is 5.75 Å². The molecular formula is C19H16ClF3N4O3. The van der Waals surface area contributed by atoms with Gasteiger partial charge in [0.15, 0.2) is 0 Å². The third-order valence-electron chi connectivity index (χ3n) is 4.45. The average Bonchev–Trinajstić information content (AvgIpc) is 3.10. The summed E-state index contributed by atoms with van der Waals surface area (Å²) in [6.07, 6.45) is -1.60. The van der Waals surface area contributed by atoms with Gasteiger partial charge < -0.3 is 14.6 Å². The van der Waals surface area contributed by atoms with Gasteiger partial charge in [-0.25, -0.2) is 4.98 Å². The van der Waals surface area contributed by atoms with Gasteiger partial charge in [0, 0.05) is 25.5 Å². The molecule has 0 saturated carbocycles. The molecule has 0 aliphatic heterocycles. The minimum Gasteiger partial charge on any atom is -0.497 e. The van der Waals surface area contributed by atoms with Gasteiger partial charge in [-0.05, 0) is 23.8 Å². The zero-order chi connectivity index (χ0) is 22.1.